The van der Waals surface area contributed by atoms with Gasteiger partial charge >= 0.3 is 0 Å². The van der Waals surface area contributed by atoms with E-state index in [-0.39, 0.29) is 0 Å². The van der Waals surface area contributed by atoms with Gasteiger partial charge in [-0.05, 0) is 51.8 Å². The van der Waals surface area contributed by atoms with Crippen LogP contribution in [0.1, 0.15) is 51.4 Å². The van der Waals surface area contributed by atoms with Crippen LogP contribution in [-0.2, 0) is 26.2 Å². The summed E-state index contributed by atoms with van der Waals surface area (Å²) in [6, 6.07) is 15.8. The average molecular weight is 593 g/mol. The first-order valence-corrected chi connectivity index (χ1v) is 15.1. The lowest BCUT2D eigenvalue weighted by Gasteiger charge is -2.06. The van der Waals surface area contributed by atoms with Gasteiger partial charge in [0, 0.05) is 28.8 Å². The van der Waals surface area contributed by atoms with Crippen LogP contribution < -0.4 is 0 Å². The molecule has 16 nitrogen and oxygen atoms in total. The number of tetrazole rings is 4. The molecule has 44 heavy (non-hydrogen) atoms. The molecule has 0 radical (unpaired) electrons. The van der Waals surface area contributed by atoms with E-state index in [9.17, 15) is 0 Å². The van der Waals surface area contributed by atoms with Gasteiger partial charge in [-0.3, -0.25) is 0 Å². The predicted octanol–water partition coefficient (Wildman–Crippen LogP) is 3.14. The van der Waals surface area contributed by atoms with Crippen LogP contribution >= 0.6 is 0 Å². The van der Waals surface area contributed by atoms with Gasteiger partial charge in [0.2, 0.25) is 17.5 Å². The van der Waals surface area contributed by atoms with Crippen molar-refractivity contribution >= 4 is 0 Å². The molecule has 6 aromatic rings. The Morgan fingerprint density at radius 1 is 0.386 bits per heavy atom. The van der Waals surface area contributed by atoms with Gasteiger partial charge in [-0.2, -0.15) is 14.4 Å². The van der Waals surface area contributed by atoms with Crippen LogP contribution in [0.25, 0.3) is 45.6 Å². The molecule has 7 heterocycles. The Balaban J connectivity index is 1.04. The van der Waals surface area contributed by atoms with Gasteiger partial charge in [-0.15, -0.1) is 35.7 Å². The molecule has 224 valence electrons. The van der Waals surface area contributed by atoms with Crippen LogP contribution in [0.4, 0.5) is 0 Å². The highest BCUT2D eigenvalue weighted by molar-refractivity contribution is 5.63. The normalized spacial score (nSPS) is 15.1. The first-order valence-electron chi connectivity index (χ1n) is 15.1. The fourth-order valence-corrected chi connectivity index (χ4v) is 5.19. The second kappa shape index (κ2) is 12.9. The van der Waals surface area contributed by atoms with Crippen LogP contribution in [0.3, 0.4) is 0 Å². The molecule has 3 aliphatic rings. The lowest BCUT2D eigenvalue weighted by atomic mass is 10.1. The molecule has 3 aliphatic heterocycles. The Kier molecular flexibility index (Phi) is 8.09. The number of benzene rings is 2. The van der Waals surface area contributed by atoms with Gasteiger partial charge in [0.1, 0.15) is 0 Å². The van der Waals surface area contributed by atoms with Crippen LogP contribution in [-0.4, -0.2) is 80.8 Å². The summed E-state index contributed by atoms with van der Waals surface area (Å²) in [4.78, 5) is 4.93. The van der Waals surface area contributed by atoms with Crippen molar-refractivity contribution in [2.75, 3.05) is 0 Å². The monoisotopic (exact) mass is 592 g/mol. The summed E-state index contributed by atoms with van der Waals surface area (Å²) >= 11 is 0. The molecule has 0 saturated heterocycles. The zero-order valence-corrected chi connectivity index (χ0v) is 24.3. The van der Waals surface area contributed by atoms with Crippen LogP contribution in [0.15, 0.2) is 48.5 Å². The van der Waals surface area contributed by atoms with Crippen molar-refractivity contribution in [3.63, 3.8) is 0 Å². The third kappa shape index (κ3) is 6.38. The Bertz CT molecular complexity index is 1780. The van der Waals surface area contributed by atoms with Crippen molar-refractivity contribution in [1.29, 1.82) is 0 Å². The largest absolute Gasteiger partial charge is 0.225 e. The Morgan fingerprint density at radius 3 is 1.25 bits per heavy atom. The van der Waals surface area contributed by atoms with E-state index in [1.165, 1.54) is 0 Å². The highest BCUT2D eigenvalue weighted by atomic mass is 15.6. The van der Waals surface area contributed by atoms with E-state index < -0.39 is 0 Å². The van der Waals surface area contributed by atoms with Crippen molar-refractivity contribution < 1.29 is 0 Å². The molecule has 0 atom stereocenters. The lowest BCUT2D eigenvalue weighted by Crippen LogP contribution is -2.07. The minimum Gasteiger partial charge on any atom is -0.225 e. The highest BCUT2D eigenvalue weighted by Gasteiger charge is 2.13. The van der Waals surface area contributed by atoms with Gasteiger partial charge in [0.25, 0.3) is 0 Å². The summed E-state index contributed by atoms with van der Waals surface area (Å²) in [6.07, 6.45) is 8.26. The second-order valence-electron chi connectivity index (χ2n) is 10.8. The standard InChI is InChI=1S/C28H32N16/c1-2-4-6-18-42-33-25(29-37-42)21-9-11-22(12-10-21)26-30-38-43(34-26)19-7-8-20-44-35-27(31-39-44)23-13-15-24(16-14-23)28-32-36-40-41(28)17-5-3-1/h9-16H,1-8,17-20H2. The van der Waals surface area contributed by atoms with Gasteiger partial charge in [0.05, 0.1) is 19.6 Å². The third-order valence-electron chi connectivity index (χ3n) is 7.64. The molecule has 2 aromatic carbocycles. The zero-order valence-electron chi connectivity index (χ0n) is 24.3. The maximum Gasteiger partial charge on any atom is 0.204 e. The molecule has 4 aromatic heterocycles. The van der Waals surface area contributed by atoms with E-state index in [0.29, 0.717) is 30.6 Å². The molecule has 0 unspecified atom stereocenters. The number of hydrogen-bond acceptors (Lipinski definition) is 12. The highest BCUT2D eigenvalue weighted by Crippen LogP contribution is 2.22. The average Bonchev–Trinajstić information content (AvgIpc) is 3.88. The van der Waals surface area contributed by atoms with Crippen molar-refractivity contribution in [1.82, 2.24) is 80.8 Å². The summed E-state index contributed by atoms with van der Waals surface area (Å²) in [7, 11) is 0. The minimum absolute atomic E-state index is 0.577. The summed E-state index contributed by atoms with van der Waals surface area (Å²) in [5.74, 6) is 2.53. The van der Waals surface area contributed by atoms with E-state index in [0.717, 1.165) is 92.5 Å². The molecule has 16 heteroatoms. The molecule has 0 N–H and O–H groups in total. The summed E-state index contributed by atoms with van der Waals surface area (Å²) in [5, 5.41) is 51.5. The maximum atomic E-state index is 4.57. The first-order chi connectivity index (χ1) is 21.8. The van der Waals surface area contributed by atoms with Gasteiger partial charge in [0.15, 0.2) is 5.82 Å². The fraction of sp³-hybridized carbons (Fsp3) is 0.429. The SMILES string of the molecule is c1cc2ccc1-c1nnn(n1)CCCCCCCCn1nnnc1-c1ccc(cc1)-c1nnn(n1)CCCCn1nnc-2n1. The minimum atomic E-state index is 0.577. The van der Waals surface area contributed by atoms with E-state index in [1.807, 2.05) is 53.2 Å². The van der Waals surface area contributed by atoms with Crippen molar-refractivity contribution in [3.8, 4) is 45.6 Å². The molecule has 10 bridgehead atoms. The van der Waals surface area contributed by atoms with Crippen molar-refractivity contribution in [2.24, 2.45) is 0 Å². The third-order valence-corrected chi connectivity index (χ3v) is 7.64. The number of aromatic nitrogens is 16. The number of hydrogen-bond donors (Lipinski definition) is 0. The van der Waals surface area contributed by atoms with Gasteiger partial charge < -0.3 is 0 Å². The number of rotatable bonds is 0. The van der Waals surface area contributed by atoms with Crippen LogP contribution in [0.5, 0.6) is 0 Å². The summed E-state index contributed by atoms with van der Waals surface area (Å²) in [6.45, 7) is 2.81. The molecule has 0 fully saturated rings. The fourth-order valence-electron chi connectivity index (χ4n) is 5.19. The predicted molar refractivity (Wildman–Crippen MR) is 157 cm³/mol. The first kappa shape index (κ1) is 27.5. The maximum absolute atomic E-state index is 4.57. The van der Waals surface area contributed by atoms with Gasteiger partial charge in [-0.25, -0.2) is 4.68 Å². The molecule has 0 amide bonds. The van der Waals surface area contributed by atoms with Crippen molar-refractivity contribution in [2.45, 2.75) is 77.5 Å². The zero-order chi connectivity index (χ0) is 29.6. The summed E-state index contributed by atoms with van der Waals surface area (Å²) in [5.41, 5.74) is 3.62. The van der Waals surface area contributed by atoms with Crippen molar-refractivity contribution in [3.05, 3.63) is 48.5 Å². The number of nitrogens with zero attached hydrogens (tertiary/aromatic N) is 16. The quantitative estimate of drug-likeness (QED) is 0.252. The molecule has 0 saturated carbocycles. The molecule has 0 spiro atoms. The van der Waals surface area contributed by atoms with E-state index >= 15 is 0 Å². The molecular formula is C28H32N16. The summed E-state index contributed by atoms with van der Waals surface area (Å²) < 4.78 is 1.88. The Hall–Kier alpha value is -5.28. The number of aryl methyl sites for hydroxylation is 4. The van der Waals surface area contributed by atoms with Crippen LogP contribution in [0, 0.1) is 0 Å². The lowest BCUT2D eigenvalue weighted by molar-refractivity contribution is 0.437. The Labute approximate surface area is 252 Å². The smallest absolute Gasteiger partial charge is 0.204 e. The van der Waals surface area contributed by atoms with E-state index in [2.05, 4.69) is 61.8 Å². The molecule has 9 rings (SSSR count). The van der Waals surface area contributed by atoms with E-state index in [1.54, 1.807) is 14.4 Å². The number of fused-ring (bicyclic) bond motifs is 2. The van der Waals surface area contributed by atoms with Crippen LogP contribution in [0.2, 0.25) is 0 Å². The topological polar surface area (TPSA) is 174 Å². The second-order valence-corrected chi connectivity index (χ2v) is 10.8. The molecular weight excluding hydrogens is 560 g/mol. The van der Waals surface area contributed by atoms with Gasteiger partial charge in [-0.1, -0.05) is 74.2 Å². The Morgan fingerprint density at radius 2 is 0.773 bits per heavy atom. The molecule has 0 aliphatic carbocycles. The van der Waals surface area contributed by atoms with E-state index in [4.69, 9.17) is 0 Å².